The second-order valence-corrected chi connectivity index (χ2v) is 10.9. The van der Waals surface area contributed by atoms with Gasteiger partial charge in [0.25, 0.3) is 0 Å². The van der Waals surface area contributed by atoms with Crippen LogP contribution in [0, 0.1) is 34.5 Å². The van der Waals surface area contributed by atoms with Crippen molar-refractivity contribution in [1.82, 2.24) is 0 Å². The van der Waals surface area contributed by atoms with Crippen molar-refractivity contribution in [3.63, 3.8) is 0 Å². The fourth-order valence-corrected chi connectivity index (χ4v) is 8.47. The third kappa shape index (κ3) is 2.33. The smallest absolute Gasteiger partial charge is 0.331 e. The van der Waals surface area contributed by atoms with Gasteiger partial charge in [0.1, 0.15) is 6.61 Å². The Labute approximate surface area is 167 Å². The van der Waals surface area contributed by atoms with Crippen LogP contribution in [0.2, 0.25) is 0 Å². The third-order valence-corrected chi connectivity index (χ3v) is 9.92. The average molecular weight is 391 g/mol. The molecule has 5 rings (SSSR count). The highest BCUT2D eigenvalue weighted by Crippen LogP contribution is 2.69. The highest BCUT2D eigenvalue weighted by atomic mass is 16.5. The molecule has 0 aromatic heterocycles. The Bertz CT molecular complexity index is 718. The lowest BCUT2D eigenvalue weighted by Crippen LogP contribution is -2.62. The molecule has 0 aromatic rings. The van der Waals surface area contributed by atoms with Crippen LogP contribution in [0.1, 0.15) is 65.2 Å². The maximum Gasteiger partial charge on any atom is 0.331 e. The van der Waals surface area contributed by atoms with Gasteiger partial charge in [0.05, 0.1) is 17.8 Å². The minimum absolute atomic E-state index is 0.170. The molecule has 0 spiro atoms. The minimum Gasteiger partial charge on any atom is -0.458 e. The van der Waals surface area contributed by atoms with Gasteiger partial charge in [-0.1, -0.05) is 13.8 Å². The van der Waals surface area contributed by atoms with E-state index >= 15 is 0 Å². The second-order valence-electron chi connectivity index (χ2n) is 10.9. The quantitative estimate of drug-likeness (QED) is 0.599. The number of aliphatic hydroxyl groups is 3. The highest BCUT2D eigenvalue weighted by molar-refractivity contribution is 5.85. The number of carbonyl (C=O) groups excluding carboxylic acids is 1. The average Bonchev–Trinajstić information content (AvgIpc) is 3.13. The fraction of sp³-hybridized carbons (Fsp3) is 0.870. The summed E-state index contributed by atoms with van der Waals surface area (Å²) in [6.45, 7) is 4.77. The zero-order chi connectivity index (χ0) is 19.9. The predicted molar refractivity (Wildman–Crippen MR) is 103 cm³/mol. The number of hydrogen-bond acceptors (Lipinski definition) is 5. The van der Waals surface area contributed by atoms with E-state index in [-0.39, 0.29) is 35.9 Å². The Kier molecular flexibility index (Phi) is 4.12. The molecule has 5 heteroatoms. The molecule has 3 N–H and O–H groups in total. The molecule has 28 heavy (non-hydrogen) atoms. The monoisotopic (exact) mass is 390 g/mol. The largest absolute Gasteiger partial charge is 0.458 e. The molecule has 0 unspecified atom stereocenters. The van der Waals surface area contributed by atoms with Crippen molar-refractivity contribution >= 4 is 5.97 Å². The van der Waals surface area contributed by atoms with Gasteiger partial charge in [-0.25, -0.2) is 4.79 Å². The van der Waals surface area contributed by atoms with Gasteiger partial charge in [0.2, 0.25) is 0 Å². The topological polar surface area (TPSA) is 87.0 Å². The molecule has 1 aliphatic heterocycles. The van der Waals surface area contributed by atoms with Crippen LogP contribution in [0.5, 0.6) is 0 Å². The summed E-state index contributed by atoms with van der Waals surface area (Å²) in [7, 11) is 0. The number of hydrogen-bond donors (Lipinski definition) is 3. The minimum atomic E-state index is -0.906. The summed E-state index contributed by atoms with van der Waals surface area (Å²) in [6.07, 6.45) is 7.87. The van der Waals surface area contributed by atoms with Gasteiger partial charge in [-0.2, -0.15) is 0 Å². The van der Waals surface area contributed by atoms with E-state index in [0.29, 0.717) is 18.3 Å². The maximum atomic E-state index is 12.1. The Hall–Kier alpha value is -0.910. The van der Waals surface area contributed by atoms with Crippen molar-refractivity contribution in [2.24, 2.45) is 34.5 Å². The van der Waals surface area contributed by atoms with Crippen molar-refractivity contribution in [3.8, 4) is 0 Å². The summed E-state index contributed by atoms with van der Waals surface area (Å²) in [5, 5.41) is 33.3. The zero-order valence-electron chi connectivity index (χ0n) is 17.1. The lowest BCUT2D eigenvalue weighted by atomic mass is 9.43. The molecule has 0 aromatic carbocycles. The summed E-state index contributed by atoms with van der Waals surface area (Å²) >= 11 is 0. The van der Waals surface area contributed by atoms with Crippen LogP contribution in [0.3, 0.4) is 0 Å². The van der Waals surface area contributed by atoms with Crippen LogP contribution in [0.4, 0.5) is 0 Å². The van der Waals surface area contributed by atoms with Crippen molar-refractivity contribution in [1.29, 1.82) is 0 Å². The van der Waals surface area contributed by atoms with Crippen molar-refractivity contribution in [3.05, 3.63) is 11.6 Å². The number of cyclic esters (lactones) is 1. The third-order valence-electron chi connectivity index (χ3n) is 9.92. The Morgan fingerprint density at radius 3 is 2.57 bits per heavy atom. The van der Waals surface area contributed by atoms with E-state index in [0.717, 1.165) is 50.5 Å². The molecule has 9 atom stereocenters. The van der Waals surface area contributed by atoms with Gasteiger partial charge in [0, 0.05) is 23.8 Å². The molecule has 4 aliphatic carbocycles. The first-order valence-electron chi connectivity index (χ1n) is 11.1. The number of fused-ring (bicyclic) bond motifs is 5. The fourth-order valence-electron chi connectivity index (χ4n) is 8.47. The van der Waals surface area contributed by atoms with Gasteiger partial charge in [-0.15, -0.1) is 0 Å². The van der Waals surface area contributed by atoms with Crippen LogP contribution < -0.4 is 0 Å². The van der Waals surface area contributed by atoms with E-state index in [1.807, 2.05) is 0 Å². The number of ether oxygens (including phenoxy) is 1. The lowest BCUT2D eigenvalue weighted by molar-refractivity contribution is -0.208. The molecule has 0 amide bonds. The molecule has 5 nitrogen and oxygen atoms in total. The molecular weight excluding hydrogens is 356 g/mol. The summed E-state index contributed by atoms with van der Waals surface area (Å²) in [5.41, 5.74) is -0.301. The molecule has 4 saturated carbocycles. The van der Waals surface area contributed by atoms with E-state index in [1.165, 1.54) is 6.08 Å². The van der Waals surface area contributed by atoms with Crippen LogP contribution in [-0.2, 0) is 9.53 Å². The maximum absolute atomic E-state index is 12.1. The highest BCUT2D eigenvalue weighted by Gasteiger charge is 2.70. The van der Waals surface area contributed by atoms with E-state index < -0.39 is 17.1 Å². The first-order valence-corrected chi connectivity index (χ1v) is 11.1. The lowest BCUT2D eigenvalue weighted by Gasteiger charge is -2.63. The van der Waals surface area contributed by atoms with E-state index in [1.54, 1.807) is 0 Å². The predicted octanol–water partition coefficient (Wildman–Crippen LogP) is 2.58. The summed E-state index contributed by atoms with van der Waals surface area (Å²) in [4.78, 5) is 11.7. The summed E-state index contributed by atoms with van der Waals surface area (Å²) in [6, 6.07) is 0. The van der Waals surface area contributed by atoms with Crippen LogP contribution in [0.25, 0.3) is 0 Å². The summed E-state index contributed by atoms with van der Waals surface area (Å²) < 4.78 is 5.14. The molecule has 0 radical (unpaired) electrons. The van der Waals surface area contributed by atoms with E-state index in [9.17, 15) is 20.1 Å². The number of aliphatic hydroxyl groups excluding tert-OH is 2. The molecule has 4 fully saturated rings. The van der Waals surface area contributed by atoms with Crippen LogP contribution >= 0.6 is 0 Å². The van der Waals surface area contributed by atoms with Gasteiger partial charge in [-0.05, 0) is 73.7 Å². The second kappa shape index (κ2) is 6.05. The first kappa shape index (κ1) is 19.1. The number of rotatable bonds is 1. The zero-order valence-corrected chi connectivity index (χ0v) is 17.1. The van der Waals surface area contributed by atoms with Gasteiger partial charge < -0.3 is 20.1 Å². The number of carbonyl (C=O) groups is 1. The molecule has 156 valence electrons. The Morgan fingerprint density at radius 2 is 1.86 bits per heavy atom. The number of esters is 1. The molecule has 5 aliphatic rings. The Balaban J connectivity index is 1.50. The SMILES string of the molecule is C[C@]12CC[C@H](O)C[C@H]1CC[C@@H]1[C@@H]2CC[C@]2(C)[C@@H](C3=CC(=O)OC3)[C@@H](O)C[C@@]12O. The molecule has 1 heterocycles. The standard InChI is InChI=1S/C23H34O5/c1-21-7-5-15(24)10-14(21)3-4-17-16(21)6-8-22(2)20(13-9-19(26)28-12-13)18(25)11-23(17,22)27/h9,14-18,20,24-25,27H,3-8,10-12H2,1-2H3/t14-,15+,16+,17-,18+,20+,21+,22-,23-/m1/s1. The normalized spacial score (nSPS) is 55.8. The van der Waals surface area contributed by atoms with Gasteiger partial charge >= 0.3 is 5.97 Å². The molecular formula is C23H34O5. The van der Waals surface area contributed by atoms with E-state index in [4.69, 9.17) is 4.74 Å². The van der Waals surface area contributed by atoms with Crippen molar-refractivity contribution in [2.75, 3.05) is 6.61 Å². The van der Waals surface area contributed by atoms with Gasteiger partial charge in [0.15, 0.2) is 0 Å². The van der Waals surface area contributed by atoms with E-state index in [2.05, 4.69) is 13.8 Å². The summed E-state index contributed by atoms with van der Waals surface area (Å²) in [5.74, 6) is 0.627. The Morgan fingerprint density at radius 1 is 1.07 bits per heavy atom. The first-order chi connectivity index (χ1) is 13.2. The van der Waals surface area contributed by atoms with Crippen LogP contribution in [0.15, 0.2) is 11.6 Å². The molecule has 0 bridgehead atoms. The van der Waals surface area contributed by atoms with Crippen molar-refractivity contribution in [2.45, 2.75) is 83.0 Å². The molecule has 0 saturated heterocycles. The van der Waals surface area contributed by atoms with Crippen LogP contribution in [-0.4, -0.2) is 45.7 Å². The van der Waals surface area contributed by atoms with Crippen molar-refractivity contribution < 1.29 is 24.9 Å². The van der Waals surface area contributed by atoms with Gasteiger partial charge in [-0.3, -0.25) is 0 Å².